The molecular weight excluding hydrogens is 456 g/mol. The van der Waals surface area contributed by atoms with Crippen LogP contribution >= 0.6 is 0 Å². The summed E-state index contributed by atoms with van der Waals surface area (Å²) in [6.45, 7) is 4.79. The number of ether oxygens (including phenoxy) is 2. The van der Waals surface area contributed by atoms with Crippen molar-refractivity contribution in [3.05, 3.63) is 64.2 Å². The SMILES string of the molecule is COc1cc(C2/C(=C(\O)c3ccc4c(c3)CCCC4)C(=O)C(=O)N2CCN(C)C)ccc1OC(C)C. The van der Waals surface area contributed by atoms with Crippen LogP contribution in [0.25, 0.3) is 5.76 Å². The molecule has 1 heterocycles. The van der Waals surface area contributed by atoms with E-state index in [0.29, 0.717) is 35.7 Å². The van der Waals surface area contributed by atoms with E-state index in [9.17, 15) is 14.7 Å². The number of likely N-dealkylation sites (N-methyl/N-ethyl adjacent to an activating group) is 1. The molecule has 2 aromatic carbocycles. The maximum atomic E-state index is 13.3. The van der Waals surface area contributed by atoms with Crippen LogP contribution in [0.3, 0.4) is 0 Å². The van der Waals surface area contributed by atoms with Gasteiger partial charge < -0.3 is 24.4 Å². The standard InChI is InChI=1S/C29H36N2O5/c1-18(2)36-23-13-12-21(17-24(23)35-5)26-25(28(33)29(34)31(26)15-14-30(3)4)27(32)22-11-10-19-8-6-7-9-20(19)16-22/h10-13,16-18,26,32H,6-9,14-15H2,1-5H3/b27-25+. The Hall–Kier alpha value is -3.32. The Labute approximate surface area is 213 Å². The molecule has 0 bridgehead atoms. The van der Waals surface area contributed by atoms with E-state index >= 15 is 0 Å². The van der Waals surface area contributed by atoms with Crippen LogP contribution in [0.5, 0.6) is 11.5 Å². The van der Waals surface area contributed by atoms with E-state index in [-0.39, 0.29) is 17.4 Å². The summed E-state index contributed by atoms with van der Waals surface area (Å²) < 4.78 is 11.4. The Morgan fingerprint density at radius 2 is 1.78 bits per heavy atom. The summed E-state index contributed by atoms with van der Waals surface area (Å²) >= 11 is 0. The Bertz CT molecular complexity index is 1180. The number of ketones is 1. The summed E-state index contributed by atoms with van der Waals surface area (Å²) in [4.78, 5) is 30.0. The number of carbonyl (C=O) groups is 2. The van der Waals surface area contributed by atoms with E-state index in [0.717, 1.165) is 25.7 Å². The molecule has 0 radical (unpaired) electrons. The first-order valence-electron chi connectivity index (χ1n) is 12.6. The van der Waals surface area contributed by atoms with E-state index in [4.69, 9.17) is 9.47 Å². The summed E-state index contributed by atoms with van der Waals surface area (Å²) in [7, 11) is 5.39. The summed E-state index contributed by atoms with van der Waals surface area (Å²) in [5.41, 5.74) is 3.83. The van der Waals surface area contributed by atoms with E-state index in [1.807, 2.05) is 57.1 Å². The van der Waals surface area contributed by atoms with Gasteiger partial charge in [0.15, 0.2) is 11.5 Å². The molecule has 0 saturated carbocycles. The van der Waals surface area contributed by atoms with Crippen molar-refractivity contribution in [1.29, 1.82) is 0 Å². The quantitative estimate of drug-likeness (QED) is 0.335. The first-order chi connectivity index (χ1) is 17.2. The first kappa shape index (κ1) is 25.8. The smallest absolute Gasteiger partial charge is 0.295 e. The van der Waals surface area contributed by atoms with E-state index in [2.05, 4.69) is 0 Å². The summed E-state index contributed by atoms with van der Waals surface area (Å²) in [5.74, 6) is -0.330. The molecule has 2 aromatic rings. The van der Waals surface area contributed by atoms with E-state index < -0.39 is 17.7 Å². The average Bonchev–Trinajstić information content (AvgIpc) is 3.11. The van der Waals surface area contributed by atoms with Gasteiger partial charge in [-0.05, 0) is 88.5 Å². The Balaban J connectivity index is 1.83. The number of carbonyl (C=O) groups excluding carboxylic acids is 2. The molecule has 192 valence electrons. The van der Waals surface area contributed by atoms with Gasteiger partial charge in [0.25, 0.3) is 11.7 Å². The van der Waals surface area contributed by atoms with Crippen LogP contribution in [0.2, 0.25) is 0 Å². The van der Waals surface area contributed by atoms with Crippen LogP contribution in [0.15, 0.2) is 42.0 Å². The minimum Gasteiger partial charge on any atom is -0.507 e. The van der Waals surface area contributed by atoms with Crippen LogP contribution in [0, 0.1) is 0 Å². The first-order valence-corrected chi connectivity index (χ1v) is 12.6. The minimum atomic E-state index is -0.733. The zero-order valence-electron chi connectivity index (χ0n) is 21.8. The topological polar surface area (TPSA) is 79.3 Å². The van der Waals surface area contributed by atoms with Crippen molar-refractivity contribution in [3.63, 3.8) is 0 Å². The number of rotatable bonds is 8. The lowest BCUT2D eigenvalue weighted by atomic mass is 9.88. The number of aryl methyl sites for hydroxylation is 2. The van der Waals surface area contributed by atoms with E-state index in [1.54, 1.807) is 24.1 Å². The number of Topliss-reactive ketones (excluding diaryl/α,β-unsaturated/α-hetero) is 1. The molecule has 2 aliphatic rings. The Morgan fingerprint density at radius 3 is 2.44 bits per heavy atom. The van der Waals surface area contributed by atoms with Crippen LogP contribution in [-0.2, 0) is 22.4 Å². The van der Waals surface area contributed by atoms with Gasteiger partial charge in [-0.3, -0.25) is 9.59 Å². The highest BCUT2D eigenvalue weighted by atomic mass is 16.5. The van der Waals surface area contributed by atoms with Gasteiger partial charge in [0.05, 0.1) is 24.8 Å². The predicted octanol–water partition coefficient (Wildman–Crippen LogP) is 4.34. The van der Waals surface area contributed by atoms with Crippen molar-refractivity contribution in [2.45, 2.75) is 51.7 Å². The van der Waals surface area contributed by atoms with Gasteiger partial charge in [-0.15, -0.1) is 0 Å². The predicted molar refractivity (Wildman–Crippen MR) is 139 cm³/mol. The van der Waals surface area contributed by atoms with Gasteiger partial charge in [-0.25, -0.2) is 0 Å². The van der Waals surface area contributed by atoms with Crippen molar-refractivity contribution in [2.75, 3.05) is 34.3 Å². The maximum absolute atomic E-state index is 13.3. The van der Waals surface area contributed by atoms with Crippen LogP contribution in [0.4, 0.5) is 0 Å². The fourth-order valence-corrected chi connectivity index (χ4v) is 5.01. The van der Waals surface area contributed by atoms with Gasteiger partial charge in [-0.1, -0.05) is 18.2 Å². The van der Waals surface area contributed by atoms with Crippen LogP contribution < -0.4 is 9.47 Å². The number of likely N-dealkylation sites (tertiary alicyclic amines) is 1. The van der Waals surface area contributed by atoms with Crippen LogP contribution in [0.1, 0.15) is 55.0 Å². The van der Waals surface area contributed by atoms with Gasteiger partial charge >= 0.3 is 0 Å². The summed E-state index contributed by atoms with van der Waals surface area (Å²) in [5, 5.41) is 11.5. The van der Waals surface area contributed by atoms with Crippen molar-refractivity contribution in [3.8, 4) is 11.5 Å². The molecule has 1 saturated heterocycles. The second kappa shape index (κ2) is 10.7. The molecule has 7 nitrogen and oxygen atoms in total. The largest absolute Gasteiger partial charge is 0.507 e. The van der Waals surface area contributed by atoms with Gasteiger partial charge in [0.1, 0.15) is 5.76 Å². The van der Waals surface area contributed by atoms with Crippen molar-refractivity contribution >= 4 is 17.4 Å². The number of aliphatic hydroxyl groups is 1. The average molecular weight is 493 g/mol. The summed E-state index contributed by atoms with van der Waals surface area (Å²) in [6, 6.07) is 10.5. The van der Waals surface area contributed by atoms with Gasteiger partial charge in [-0.2, -0.15) is 0 Å². The Kier molecular flexibility index (Phi) is 7.69. The van der Waals surface area contributed by atoms with E-state index in [1.165, 1.54) is 11.1 Å². The molecule has 36 heavy (non-hydrogen) atoms. The number of fused-ring (bicyclic) bond motifs is 1. The molecule has 1 N–H and O–H groups in total. The lowest BCUT2D eigenvalue weighted by Gasteiger charge is -2.27. The number of hydrogen-bond donors (Lipinski definition) is 1. The number of amides is 1. The molecule has 1 aliphatic heterocycles. The molecule has 0 spiro atoms. The maximum Gasteiger partial charge on any atom is 0.295 e. The number of hydrogen-bond acceptors (Lipinski definition) is 6. The second-order valence-electron chi connectivity index (χ2n) is 10.1. The molecule has 4 rings (SSSR count). The minimum absolute atomic E-state index is 0.0421. The van der Waals surface area contributed by atoms with Crippen molar-refractivity contribution < 1.29 is 24.2 Å². The molecule has 1 atom stereocenters. The zero-order valence-corrected chi connectivity index (χ0v) is 21.8. The van der Waals surface area contributed by atoms with Crippen molar-refractivity contribution in [1.82, 2.24) is 9.80 Å². The lowest BCUT2D eigenvalue weighted by molar-refractivity contribution is -0.140. The zero-order chi connectivity index (χ0) is 26.0. The van der Waals surface area contributed by atoms with Crippen molar-refractivity contribution in [2.24, 2.45) is 0 Å². The Morgan fingerprint density at radius 1 is 1.06 bits per heavy atom. The third-order valence-electron chi connectivity index (χ3n) is 6.82. The number of nitrogens with zero attached hydrogens (tertiary/aromatic N) is 2. The number of benzene rings is 2. The molecule has 1 amide bonds. The number of aliphatic hydroxyl groups excluding tert-OH is 1. The van der Waals surface area contributed by atoms with Gasteiger partial charge in [0, 0.05) is 18.7 Å². The molecule has 0 aromatic heterocycles. The molecule has 1 unspecified atom stereocenters. The normalized spacial score (nSPS) is 19.2. The highest BCUT2D eigenvalue weighted by molar-refractivity contribution is 6.46. The molecular formula is C29H36N2O5. The third-order valence-corrected chi connectivity index (χ3v) is 6.82. The fourth-order valence-electron chi connectivity index (χ4n) is 5.01. The van der Waals surface area contributed by atoms with Crippen LogP contribution in [-0.4, -0.2) is 67.0 Å². The number of methoxy groups -OCH3 is 1. The molecule has 1 aliphatic carbocycles. The molecule has 7 heteroatoms. The lowest BCUT2D eigenvalue weighted by Crippen LogP contribution is -2.35. The molecule has 1 fully saturated rings. The fraction of sp³-hybridized carbons (Fsp3) is 0.448. The van der Waals surface area contributed by atoms with Gasteiger partial charge in [0.2, 0.25) is 0 Å². The summed E-state index contributed by atoms with van der Waals surface area (Å²) in [6.07, 6.45) is 4.20. The monoisotopic (exact) mass is 492 g/mol. The second-order valence-corrected chi connectivity index (χ2v) is 10.1. The third kappa shape index (κ3) is 5.12. The highest BCUT2D eigenvalue weighted by Crippen LogP contribution is 2.42. The highest BCUT2D eigenvalue weighted by Gasteiger charge is 2.46.